The van der Waals surface area contributed by atoms with E-state index in [-0.39, 0.29) is 5.92 Å². The summed E-state index contributed by atoms with van der Waals surface area (Å²) in [6, 6.07) is 1.88. The summed E-state index contributed by atoms with van der Waals surface area (Å²) in [4.78, 5) is 10.7. The zero-order chi connectivity index (χ0) is 13.0. The van der Waals surface area contributed by atoms with Crippen molar-refractivity contribution in [1.82, 2.24) is 0 Å². The van der Waals surface area contributed by atoms with E-state index in [2.05, 4.69) is 15.9 Å². The Hall–Kier alpha value is -1.03. The van der Waals surface area contributed by atoms with Gasteiger partial charge in [-0.15, -0.1) is 0 Å². The third-order valence-electron chi connectivity index (χ3n) is 2.86. The van der Waals surface area contributed by atoms with Gasteiger partial charge in [-0.05, 0) is 24.5 Å². The van der Waals surface area contributed by atoms with Crippen LogP contribution in [-0.2, 0) is 4.79 Å². The van der Waals surface area contributed by atoms with Crippen LogP contribution in [0.5, 0.6) is 11.5 Å². The van der Waals surface area contributed by atoms with Crippen LogP contribution >= 0.6 is 15.9 Å². The first-order valence-electron chi connectivity index (χ1n) is 5.41. The van der Waals surface area contributed by atoms with Crippen molar-refractivity contribution in [1.29, 1.82) is 0 Å². The summed E-state index contributed by atoms with van der Waals surface area (Å²) in [6.07, 6.45) is 1.40. The maximum absolute atomic E-state index is 10.7. The highest BCUT2D eigenvalue weighted by Gasteiger charge is 2.20. The second-order valence-electron chi connectivity index (χ2n) is 3.94. The Morgan fingerprint density at radius 3 is 2.53 bits per heavy atom. The Morgan fingerprint density at radius 2 is 2.06 bits per heavy atom. The molecule has 0 aliphatic rings. The van der Waals surface area contributed by atoms with E-state index in [0.29, 0.717) is 17.9 Å². The summed E-state index contributed by atoms with van der Waals surface area (Å²) in [5, 5.41) is 0. The normalized spacial score (nSPS) is 12.1. The van der Waals surface area contributed by atoms with Crippen LogP contribution in [0.15, 0.2) is 10.5 Å². The summed E-state index contributed by atoms with van der Waals surface area (Å²) < 4.78 is 11.7. The number of halogens is 1. The van der Waals surface area contributed by atoms with Crippen molar-refractivity contribution < 1.29 is 14.3 Å². The van der Waals surface area contributed by atoms with Crippen LogP contribution in [0.1, 0.15) is 30.4 Å². The van der Waals surface area contributed by atoms with Crippen molar-refractivity contribution >= 4 is 22.2 Å². The van der Waals surface area contributed by atoms with E-state index in [4.69, 9.17) is 9.47 Å². The van der Waals surface area contributed by atoms with Gasteiger partial charge in [0.2, 0.25) is 0 Å². The molecule has 4 heteroatoms. The fraction of sp³-hybridized carbons (Fsp3) is 0.462. The minimum absolute atomic E-state index is 0.105. The molecule has 1 aromatic rings. The monoisotopic (exact) mass is 300 g/mol. The van der Waals surface area contributed by atoms with Gasteiger partial charge in [0.25, 0.3) is 0 Å². The quantitative estimate of drug-likeness (QED) is 0.781. The van der Waals surface area contributed by atoms with Crippen molar-refractivity contribution in [3.8, 4) is 11.5 Å². The highest BCUT2D eigenvalue weighted by Crippen LogP contribution is 2.42. The van der Waals surface area contributed by atoms with E-state index in [0.717, 1.165) is 21.9 Å². The molecule has 0 saturated carbocycles. The number of benzene rings is 1. The van der Waals surface area contributed by atoms with Crippen molar-refractivity contribution in [3.63, 3.8) is 0 Å². The molecule has 0 N–H and O–H groups in total. The van der Waals surface area contributed by atoms with Gasteiger partial charge in [-0.1, -0.05) is 22.9 Å². The Labute approximate surface area is 110 Å². The summed E-state index contributed by atoms with van der Waals surface area (Å²) in [5.74, 6) is 1.49. The van der Waals surface area contributed by atoms with Crippen LogP contribution in [0.4, 0.5) is 0 Å². The van der Waals surface area contributed by atoms with Crippen LogP contribution < -0.4 is 9.47 Å². The average Bonchev–Trinajstić information content (AvgIpc) is 2.31. The predicted octanol–water partition coefficient (Wildman–Crippen LogP) is 3.47. The Bertz CT molecular complexity index is 416. The first kappa shape index (κ1) is 14.0. The molecule has 0 radical (unpaired) electrons. The second-order valence-corrected chi connectivity index (χ2v) is 4.79. The lowest BCUT2D eigenvalue weighted by atomic mass is 9.93. The SMILES string of the molecule is COc1cc(Br)c(C)c(C(C)CC=O)c1OC. The van der Waals surface area contributed by atoms with E-state index >= 15 is 0 Å². The molecule has 0 amide bonds. The zero-order valence-electron chi connectivity index (χ0n) is 10.5. The molecular weight excluding hydrogens is 284 g/mol. The molecule has 1 atom stereocenters. The third kappa shape index (κ3) is 2.80. The van der Waals surface area contributed by atoms with E-state index in [1.54, 1.807) is 14.2 Å². The lowest BCUT2D eigenvalue weighted by Crippen LogP contribution is -2.04. The molecule has 0 heterocycles. The minimum Gasteiger partial charge on any atom is -0.493 e. The molecule has 0 aliphatic heterocycles. The van der Waals surface area contributed by atoms with E-state index in [1.807, 2.05) is 19.9 Å². The van der Waals surface area contributed by atoms with Crippen LogP contribution in [0, 0.1) is 6.92 Å². The second kappa shape index (κ2) is 6.05. The maximum Gasteiger partial charge on any atom is 0.164 e. The molecule has 17 heavy (non-hydrogen) atoms. The first-order valence-corrected chi connectivity index (χ1v) is 6.20. The fourth-order valence-electron chi connectivity index (χ4n) is 1.94. The Morgan fingerprint density at radius 1 is 1.41 bits per heavy atom. The fourth-order valence-corrected chi connectivity index (χ4v) is 2.36. The number of carbonyl (C=O) groups excluding carboxylic acids is 1. The number of carbonyl (C=O) groups is 1. The number of aldehydes is 1. The number of hydrogen-bond donors (Lipinski definition) is 0. The van der Waals surface area contributed by atoms with E-state index in [9.17, 15) is 4.79 Å². The van der Waals surface area contributed by atoms with Crippen LogP contribution in [-0.4, -0.2) is 20.5 Å². The maximum atomic E-state index is 10.7. The summed E-state index contributed by atoms with van der Waals surface area (Å²) in [5.41, 5.74) is 2.10. The molecule has 1 unspecified atom stereocenters. The number of hydrogen-bond acceptors (Lipinski definition) is 3. The molecule has 1 aromatic carbocycles. The summed E-state index contributed by atoms with van der Waals surface area (Å²) in [7, 11) is 3.22. The predicted molar refractivity (Wildman–Crippen MR) is 71.1 cm³/mol. The highest BCUT2D eigenvalue weighted by atomic mass is 79.9. The van der Waals surface area contributed by atoms with Crippen LogP contribution in [0.3, 0.4) is 0 Å². The van der Waals surface area contributed by atoms with Gasteiger partial charge >= 0.3 is 0 Å². The molecule has 3 nitrogen and oxygen atoms in total. The molecule has 0 saturated heterocycles. The number of ether oxygens (including phenoxy) is 2. The van der Waals surface area contributed by atoms with Gasteiger partial charge in [-0.3, -0.25) is 0 Å². The average molecular weight is 301 g/mol. The summed E-state index contributed by atoms with van der Waals surface area (Å²) in [6.45, 7) is 4.01. The van der Waals surface area contributed by atoms with Gasteiger partial charge in [-0.2, -0.15) is 0 Å². The Balaban J connectivity index is 3.42. The molecule has 0 fully saturated rings. The molecule has 94 valence electrons. The van der Waals surface area contributed by atoms with Gasteiger partial charge in [0.1, 0.15) is 6.29 Å². The number of methoxy groups -OCH3 is 2. The largest absolute Gasteiger partial charge is 0.493 e. The van der Waals surface area contributed by atoms with Gasteiger partial charge in [0.15, 0.2) is 11.5 Å². The standard InChI is InChI=1S/C13H17BrO3/c1-8(5-6-15)12-9(2)10(14)7-11(16-3)13(12)17-4/h6-8H,5H2,1-4H3. The molecule has 0 aromatic heterocycles. The molecule has 0 bridgehead atoms. The lowest BCUT2D eigenvalue weighted by Gasteiger charge is -2.20. The Kier molecular flexibility index (Phi) is 5.00. The molecule has 0 aliphatic carbocycles. The third-order valence-corrected chi connectivity index (χ3v) is 3.68. The summed E-state index contributed by atoms with van der Waals surface area (Å²) >= 11 is 3.50. The first-order chi connectivity index (χ1) is 8.06. The smallest absolute Gasteiger partial charge is 0.164 e. The highest BCUT2D eigenvalue weighted by molar-refractivity contribution is 9.10. The van der Waals surface area contributed by atoms with Crippen molar-refractivity contribution in [2.45, 2.75) is 26.2 Å². The van der Waals surface area contributed by atoms with Gasteiger partial charge in [-0.25, -0.2) is 0 Å². The number of rotatable bonds is 5. The van der Waals surface area contributed by atoms with Crippen molar-refractivity contribution in [2.24, 2.45) is 0 Å². The van der Waals surface area contributed by atoms with Crippen molar-refractivity contribution in [3.05, 3.63) is 21.7 Å². The van der Waals surface area contributed by atoms with Gasteiger partial charge in [0, 0.05) is 16.5 Å². The van der Waals surface area contributed by atoms with Gasteiger partial charge < -0.3 is 14.3 Å². The van der Waals surface area contributed by atoms with Gasteiger partial charge in [0.05, 0.1) is 14.2 Å². The molecule has 1 rings (SSSR count). The molecule has 0 spiro atoms. The zero-order valence-corrected chi connectivity index (χ0v) is 12.1. The molecular formula is C13H17BrO3. The topological polar surface area (TPSA) is 35.5 Å². The van der Waals surface area contributed by atoms with Crippen LogP contribution in [0.25, 0.3) is 0 Å². The van der Waals surface area contributed by atoms with E-state index < -0.39 is 0 Å². The van der Waals surface area contributed by atoms with Crippen molar-refractivity contribution in [2.75, 3.05) is 14.2 Å². The van der Waals surface area contributed by atoms with Crippen LogP contribution in [0.2, 0.25) is 0 Å². The lowest BCUT2D eigenvalue weighted by molar-refractivity contribution is -0.108. The minimum atomic E-state index is 0.105. The van der Waals surface area contributed by atoms with E-state index in [1.165, 1.54) is 0 Å².